The number of nitrogens with one attached hydrogen (secondary N) is 1. The number of ether oxygens (including phenoxy) is 2. The number of nitrogens with zero attached hydrogens (tertiary/aromatic N) is 4. The summed E-state index contributed by atoms with van der Waals surface area (Å²) in [6.07, 6.45) is 19.9. The van der Waals surface area contributed by atoms with Gasteiger partial charge in [-0.3, -0.25) is 10.2 Å². The first kappa shape index (κ1) is 27.9. The topological polar surface area (TPSA) is 88.9 Å². The molecule has 0 spiro atoms. The van der Waals surface area contributed by atoms with E-state index in [0.29, 0.717) is 23.6 Å². The zero-order valence-electron chi connectivity index (χ0n) is 24.1. The van der Waals surface area contributed by atoms with Crippen molar-refractivity contribution < 1.29 is 14.3 Å². The SMILES string of the molecule is COc1cc(/C=N/Nc2ncnc3sc4c(c23)CCCC4)ccc1OCC(=O)N(C1CCCCC1)C1CCCCC1. The highest BCUT2D eigenvalue weighted by atomic mass is 32.1. The van der Waals surface area contributed by atoms with E-state index in [1.54, 1.807) is 31.0 Å². The predicted molar refractivity (Wildman–Crippen MR) is 164 cm³/mol. The van der Waals surface area contributed by atoms with Gasteiger partial charge >= 0.3 is 0 Å². The van der Waals surface area contributed by atoms with Gasteiger partial charge in [0, 0.05) is 17.0 Å². The third kappa shape index (κ3) is 6.35. The Kier molecular flexibility index (Phi) is 8.99. The lowest BCUT2D eigenvalue weighted by molar-refractivity contribution is -0.140. The van der Waals surface area contributed by atoms with E-state index in [1.807, 2.05) is 18.2 Å². The summed E-state index contributed by atoms with van der Waals surface area (Å²) >= 11 is 1.77. The second-order valence-electron chi connectivity index (χ2n) is 11.6. The Labute approximate surface area is 246 Å². The molecule has 0 atom stereocenters. The van der Waals surface area contributed by atoms with Gasteiger partial charge in [-0.2, -0.15) is 5.10 Å². The van der Waals surface area contributed by atoms with Gasteiger partial charge in [-0.1, -0.05) is 38.5 Å². The molecule has 3 aromatic rings. The van der Waals surface area contributed by atoms with Crippen LogP contribution in [-0.2, 0) is 17.6 Å². The molecule has 0 unspecified atom stereocenters. The highest BCUT2D eigenvalue weighted by molar-refractivity contribution is 7.19. The van der Waals surface area contributed by atoms with Gasteiger partial charge in [-0.05, 0) is 80.7 Å². The number of amides is 1. The molecular formula is C32H41N5O3S. The van der Waals surface area contributed by atoms with Crippen molar-refractivity contribution in [2.45, 2.75) is 102 Å². The highest BCUT2D eigenvalue weighted by Gasteiger charge is 2.32. The van der Waals surface area contributed by atoms with Crippen molar-refractivity contribution in [2.24, 2.45) is 5.10 Å². The summed E-state index contributed by atoms with van der Waals surface area (Å²) in [4.78, 5) is 27.2. The third-order valence-electron chi connectivity index (χ3n) is 8.90. The lowest BCUT2D eigenvalue weighted by Gasteiger charge is -2.41. The number of rotatable bonds is 9. The summed E-state index contributed by atoms with van der Waals surface area (Å²) in [7, 11) is 1.62. The number of carbonyl (C=O) groups excluding carboxylic acids is 1. The van der Waals surface area contributed by atoms with Crippen molar-refractivity contribution in [1.82, 2.24) is 14.9 Å². The van der Waals surface area contributed by atoms with E-state index in [0.717, 1.165) is 60.1 Å². The summed E-state index contributed by atoms with van der Waals surface area (Å²) in [6.45, 7) is 0.0347. The molecule has 2 fully saturated rings. The quantitative estimate of drug-likeness (QED) is 0.221. The molecule has 0 radical (unpaired) electrons. The molecule has 41 heavy (non-hydrogen) atoms. The Hall–Kier alpha value is -3.20. The van der Waals surface area contributed by atoms with Crippen molar-refractivity contribution in [1.29, 1.82) is 0 Å². The maximum Gasteiger partial charge on any atom is 0.261 e. The van der Waals surface area contributed by atoms with E-state index in [-0.39, 0.29) is 12.5 Å². The number of aryl methyl sites for hydroxylation is 2. The molecule has 0 saturated heterocycles. The summed E-state index contributed by atoms with van der Waals surface area (Å²) in [5.74, 6) is 2.00. The molecule has 3 aliphatic carbocycles. The molecule has 1 aromatic carbocycles. The minimum Gasteiger partial charge on any atom is -0.493 e. The van der Waals surface area contributed by atoms with Gasteiger partial charge in [0.2, 0.25) is 0 Å². The maximum atomic E-state index is 13.5. The number of thiophene rings is 1. The average molecular weight is 576 g/mol. The van der Waals surface area contributed by atoms with Crippen LogP contribution in [0.5, 0.6) is 11.5 Å². The molecule has 0 bridgehead atoms. The fourth-order valence-electron chi connectivity index (χ4n) is 6.86. The second kappa shape index (κ2) is 13.2. The van der Waals surface area contributed by atoms with Gasteiger partial charge in [0.15, 0.2) is 23.9 Å². The van der Waals surface area contributed by atoms with Crippen molar-refractivity contribution in [3.05, 3.63) is 40.5 Å². The Bertz CT molecular complexity index is 1360. The predicted octanol–water partition coefficient (Wildman–Crippen LogP) is 6.90. The first-order valence-corrected chi connectivity index (χ1v) is 16.2. The van der Waals surface area contributed by atoms with E-state index in [9.17, 15) is 4.79 Å². The Morgan fingerprint density at radius 2 is 1.73 bits per heavy atom. The molecule has 2 heterocycles. The summed E-state index contributed by atoms with van der Waals surface area (Å²) in [6, 6.07) is 6.37. The smallest absolute Gasteiger partial charge is 0.261 e. The molecule has 1 N–H and O–H groups in total. The van der Waals surface area contributed by atoms with Crippen LogP contribution in [-0.4, -0.2) is 52.8 Å². The van der Waals surface area contributed by atoms with Crippen LogP contribution >= 0.6 is 11.3 Å². The number of hydrazone groups is 1. The number of aromatic nitrogens is 2. The van der Waals surface area contributed by atoms with Gasteiger partial charge in [0.05, 0.1) is 18.7 Å². The number of benzene rings is 1. The van der Waals surface area contributed by atoms with Crippen LogP contribution in [0.1, 0.15) is 93.1 Å². The van der Waals surface area contributed by atoms with E-state index in [2.05, 4.69) is 25.4 Å². The molecule has 218 valence electrons. The normalized spacial score (nSPS) is 18.4. The summed E-state index contributed by atoms with van der Waals surface area (Å²) in [5, 5.41) is 5.58. The van der Waals surface area contributed by atoms with E-state index in [4.69, 9.17) is 9.47 Å². The Balaban J connectivity index is 1.12. The fraction of sp³-hybridized carbons (Fsp3) is 0.562. The minimum atomic E-state index is 0.0347. The Morgan fingerprint density at radius 3 is 2.46 bits per heavy atom. The molecule has 9 heteroatoms. The van der Waals surface area contributed by atoms with Crippen LogP contribution in [0.3, 0.4) is 0 Å². The van der Waals surface area contributed by atoms with Crippen LogP contribution in [0.4, 0.5) is 5.82 Å². The molecule has 2 saturated carbocycles. The zero-order valence-corrected chi connectivity index (χ0v) is 24.9. The van der Waals surface area contributed by atoms with Crippen molar-refractivity contribution in [2.75, 3.05) is 19.1 Å². The second-order valence-corrected chi connectivity index (χ2v) is 12.7. The molecule has 1 amide bonds. The summed E-state index contributed by atoms with van der Waals surface area (Å²) < 4.78 is 11.7. The van der Waals surface area contributed by atoms with Gasteiger partial charge < -0.3 is 14.4 Å². The van der Waals surface area contributed by atoms with Crippen LogP contribution in [0.25, 0.3) is 10.2 Å². The number of fused-ring (bicyclic) bond motifs is 3. The first-order chi connectivity index (χ1) is 20.2. The number of carbonyl (C=O) groups is 1. The largest absolute Gasteiger partial charge is 0.493 e. The van der Waals surface area contributed by atoms with Crippen molar-refractivity contribution in [3.8, 4) is 11.5 Å². The minimum absolute atomic E-state index is 0.0347. The van der Waals surface area contributed by atoms with E-state index >= 15 is 0 Å². The molecule has 0 aliphatic heterocycles. The van der Waals surface area contributed by atoms with E-state index in [1.165, 1.54) is 61.8 Å². The summed E-state index contributed by atoms with van der Waals surface area (Å²) in [5.41, 5.74) is 5.37. The monoisotopic (exact) mass is 575 g/mol. The van der Waals surface area contributed by atoms with Crippen LogP contribution in [0.15, 0.2) is 29.6 Å². The lowest BCUT2D eigenvalue weighted by atomic mass is 9.88. The average Bonchev–Trinajstić information content (AvgIpc) is 3.41. The van der Waals surface area contributed by atoms with Crippen LogP contribution in [0.2, 0.25) is 0 Å². The van der Waals surface area contributed by atoms with Gasteiger partial charge in [-0.15, -0.1) is 11.3 Å². The first-order valence-electron chi connectivity index (χ1n) is 15.4. The van der Waals surface area contributed by atoms with Crippen LogP contribution < -0.4 is 14.9 Å². The van der Waals surface area contributed by atoms with E-state index < -0.39 is 0 Å². The number of methoxy groups -OCH3 is 1. The third-order valence-corrected chi connectivity index (χ3v) is 10.1. The van der Waals surface area contributed by atoms with Gasteiger partial charge in [-0.25, -0.2) is 9.97 Å². The fourth-order valence-corrected chi connectivity index (χ4v) is 8.09. The maximum absolute atomic E-state index is 13.5. The molecule has 6 rings (SSSR count). The molecule has 3 aliphatic rings. The zero-order chi connectivity index (χ0) is 28.0. The van der Waals surface area contributed by atoms with Crippen LogP contribution in [0, 0.1) is 0 Å². The van der Waals surface area contributed by atoms with Gasteiger partial charge in [0.25, 0.3) is 5.91 Å². The van der Waals surface area contributed by atoms with Crippen molar-refractivity contribution in [3.63, 3.8) is 0 Å². The number of anilines is 1. The standard InChI is InChI=1S/C32H41N5O3S/c1-39-27-18-22(19-35-36-31-30-25-14-8-9-15-28(25)41-32(30)34-21-33-31)16-17-26(27)40-20-29(38)37(23-10-4-2-5-11-23)24-12-6-3-7-13-24/h16-19,21,23-24H,2-15,20H2,1H3,(H,33,34,36)/b35-19+. The number of hydrogen-bond donors (Lipinski definition) is 1. The Morgan fingerprint density at radius 1 is 1.00 bits per heavy atom. The molecular weight excluding hydrogens is 534 g/mol. The van der Waals surface area contributed by atoms with Crippen molar-refractivity contribution >= 4 is 39.5 Å². The highest BCUT2D eigenvalue weighted by Crippen LogP contribution is 2.38. The molecule has 8 nitrogen and oxygen atoms in total. The number of hydrogen-bond acceptors (Lipinski definition) is 8. The molecule has 2 aromatic heterocycles. The van der Waals surface area contributed by atoms with Gasteiger partial charge in [0.1, 0.15) is 11.2 Å². The lowest BCUT2D eigenvalue weighted by Crippen LogP contribution is -2.50.